The molecule has 2 saturated carbocycles. The van der Waals surface area contributed by atoms with Crippen molar-refractivity contribution in [3.63, 3.8) is 0 Å². The smallest absolute Gasteiger partial charge is 0.123 e. The van der Waals surface area contributed by atoms with Gasteiger partial charge in [0.15, 0.2) is 0 Å². The predicted molar refractivity (Wildman–Crippen MR) is 65.3 cm³/mol. The van der Waals surface area contributed by atoms with Gasteiger partial charge in [0, 0.05) is 5.41 Å². The van der Waals surface area contributed by atoms with Gasteiger partial charge in [-0.3, -0.25) is 0 Å². The zero-order valence-corrected chi connectivity index (χ0v) is 10.0. The summed E-state index contributed by atoms with van der Waals surface area (Å²) >= 11 is 0. The van der Waals surface area contributed by atoms with Gasteiger partial charge in [0.2, 0.25) is 0 Å². The van der Waals surface area contributed by atoms with Crippen molar-refractivity contribution in [3.05, 3.63) is 35.6 Å². The lowest BCUT2D eigenvalue weighted by atomic mass is 9.60. The van der Waals surface area contributed by atoms with Gasteiger partial charge in [-0.05, 0) is 42.9 Å². The Kier molecular flexibility index (Phi) is 2.70. The summed E-state index contributed by atoms with van der Waals surface area (Å²) in [6, 6.07) is 6.73. The molecule has 1 aromatic carbocycles. The average Bonchev–Trinajstić information content (AvgIpc) is 3.03. The molecule has 1 N–H and O–H groups in total. The molecule has 3 rings (SSSR count). The van der Waals surface area contributed by atoms with Crippen molar-refractivity contribution in [2.24, 2.45) is 5.92 Å². The Labute approximate surface area is 102 Å². The van der Waals surface area contributed by atoms with E-state index < -0.39 is 0 Å². The van der Waals surface area contributed by atoms with Gasteiger partial charge in [-0.2, -0.15) is 0 Å². The molecule has 0 amide bonds. The minimum Gasteiger partial charge on any atom is -0.392 e. The second-order valence-electron chi connectivity index (χ2n) is 5.71. The average molecular weight is 234 g/mol. The van der Waals surface area contributed by atoms with Crippen molar-refractivity contribution in [1.29, 1.82) is 0 Å². The van der Waals surface area contributed by atoms with E-state index >= 15 is 0 Å². The van der Waals surface area contributed by atoms with Gasteiger partial charge in [-0.1, -0.05) is 31.4 Å². The second-order valence-corrected chi connectivity index (χ2v) is 5.71. The van der Waals surface area contributed by atoms with E-state index in [-0.39, 0.29) is 17.3 Å². The van der Waals surface area contributed by atoms with E-state index in [2.05, 4.69) is 0 Å². The van der Waals surface area contributed by atoms with Gasteiger partial charge < -0.3 is 5.11 Å². The third-order valence-corrected chi connectivity index (χ3v) is 4.56. The lowest BCUT2D eigenvalue weighted by Gasteiger charge is -2.46. The summed E-state index contributed by atoms with van der Waals surface area (Å²) in [5, 5.41) is 10.5. The number of hydrogen-bond acceptors (Lipinski definition) is 1. The van der Waals surface area contributed by atoms with Crippen LogP contribution in [0.15, 0.2) is 24.3 Å². The summed E-state index contributed by atoms with van der Waals surface area (Å²) in [7, 11) is 0. The van der Waals surface area contributed by atoms with Crippen LogP contribution in [0.25, 0.3) is 0 Å². The molecule has 1 aromatic rings. The van der Waals surface area contributed by atoms with Crippen molar-refractivity contribution >= 4 is 0 Å². The van der Waals surface area contributed by atoms with Gasteiger partial charge in [0.05, 0.1) is 6.10 Å². The quantitative estimate of drug-likeness (QED) is 0.846. The summed E-state index contributed by atoms with van der Waals surface area (Å²) in [4.78, 5) is 0. The third kappa shape index (κ3) is 1.99. The highest BCUT2D eigenvalue weighted by atomic mass is 19.1. The molecule has 2 aliphatic carbocycles. The van der Waals surface area contributed by atoms with Crippen LogP contribution in [0.5, 0.6) is 0 Å². The lowest BCUT2D eigenvalue weighted by Crippen LogP contribution is -2.45. The molecule has 92 valence electrons. The molecule has 2 aliphatic rings. The fourth-order valence-electron chi connectivity index (χ4n) is 3.05. The van der Waals surface area contributed by atoms with Crippen molar-refractivity contribution in [3.8, 4) is 0 Å². The topological polar surface area (TPSA) is 20.2 Å². The van der Waals surface area contributed by atoms with Crippen LogP contribution in [0.4, 0.5) is 4.39 Å². The molecule has 1 nitrogen and oxygen atoms in total. The Morgan fingerprint density at radius 3 is 2.35 bits per heavy atom. The molecular weight excluding hydrogens is 215 g/mol. The van der Waals surface area contributed by atoms with Gasteiger partial charge in [-0.25, -0.2) is 4.39 Å². The Balaban J connectivity index is 1.82. The SMILES string of the molecule is O[C@H](CC1CC1)C1(c2ccc(F)cc2)CCC1. The number of rotatable bonds is 4. The maximum Gasteiger partial charge on any atom is 0.123 e. The highest BCUT2D eigenvalue weighted by Crippen LogP contribution is 2.49. The van der Waals surface area contributed by atoms with E-state index in [0.717, 1.165) is 30.7 Å². The molecular formula is C15H19FO. The molecule has 0 unspecified atom stereocenters. The Bertz CT molecular complexity index is 390. The number of aliphatic hydroxyl groups excluding tert-OH is 1. The molecule has 2 heteroatoms. The van der Waals surface area contributed by atoms with E-state index in [9.17, 15) is 9.50 Å². The minimum atomic E-state index is -0.241. The van der Waals surface area contributed by atoms with E-state index in [4.69, 9.17) is 0 Å². The maximum atomic E-state index is 13.0. The van der Waals surface area contributed by atoms with Crippen molar-refractivity contribution in [2.75, 3.05) is 0 Å². The van der Waals surface area contributed by atoms with Crippen LogP contribution in [0, 0.1) is 11.7 Å². The van der Waals surface area contributed by atoms with Crippen LogP contribution in [-0.4, -0.2) is 11.2 Å². The molecule has 17 heavy (non-hydrogen) atoms. The summed E-state index contributed by atoms with van der Waals surface area (Å²) in [6.07, 6.45) is 6.51. The zero-order valence-electron chi connectivity index (χ0n) is 10.0. The molecule has 0 saturated heterocycles. The van der Waals surface area contributed by atoms with Gasteiger partial charge in [0.25, 0.3) is 0 Å². The summed E-state index contributed by atoms with van der Waals surface area (Å²) in [6.45, 7) is 0. The lowest BCUT2D eigenvalue weighted by molar-refractivity contribution is 0.0184. The predicted octanol–water partition coefficient (Wildman–Crippen LogP) is 3.41. The van der Waals surface area contributed by atoms with Crippen LogP contribution < -0.4 is 0 Å². The fourth-order valence-corrected chi connectivity index (χ4v) is 3.05. The Morgan fingerprint density at radius 1 is 1.24 bits per heavy atom. The molecule has 1 atom stereocenters. The number of hydrogen-bond donors (Lipinski definition) is 1. The van der Waals surface area contributed by atoms with Crippen LogP contribution >= 0.6 is 0 Å². The second kappa shape index (κ2) is 4.09. The molecule has 0 radical (unpaired) electrons. The zero-order chi connectivity index (χ0) is 11.9. The minimum absolute atomic E-state index is 0.0731. The Hall–Kier alpha value is -0.890. The van der Waals surface area contributed by atoms with Gasteiger partial charge in [0.1, 0.15) is 5.82 Å². The van der Waals surface area contributed by atoms with Crippen LogP contribution in [0.3, 0.4) is 0 Å². The standard InChI is InChI=1S/C15H19FO/c16-13-6-4-12(5-7-13)15(8-1-9-15)14(17)10-11-2-3-11/h4-7,11,14,17H,1-3,8-10H2/t14-/m1/s1. The van der Waals surface area contributed by atoms with E-state index in [0.29, 0.717) is 0 Å². The molecule has 0 aliphatic heterocycles. The van der Waals surface area contributed by atoms with Crippen LogP contribution in [0.1, 0.15) is 44.1 Å². The highest BCUT2D eigenvalue weighted by molar-refractivity contribution is 5.30. The molecule has 0 aromatic heterocycles. The Morgan fingerprint density at radius 2 is 1.88 bits per heavy atom. The first-order chi connectivity index (χ1) is 8.21. The van der Waals surface area contributed by atoms with Crippen LogP contribution in [-0.2, 0) is 5.41 Å². The maximum absolute atomic E-state index is 13.0. The van der Waals surface area contributed by atoms with E-state index in [1.54, 1.807) is 0 Å². The molecule has 0 spiro atoms. The van der Waals surface area contributed by atoms with Gasteiger partial charge >= 0.3 is 0 Å². The summed E-state index contributed by atoms with van der Waals surface area (Å²) in [5.74, 6) is 0.544. The van der Waals surface area contributed by atoms with Crippen molar-refractivity contribution in [2.45, 2.75) is 50.0 Å². The number of benzene rings is 1. The first-order valence-corrected chi connectivity index (χ1v) is 6.65. The fraction of sp³-hybridized carbons (Fsp3) is 0.600. The summed E-state index contributed by atoms with van der Waals surface area (Å²) in [5.41, 5.74) is 1.05. The van der Waals surface area contributed by atoms with Crippen LogP contribution in [0.2, 0.25) is 0 Å². The van der Waals surface area contributed by atoms with Crippen molar-refractivity contribution in [1.82, 2.24) is 0 Å². The largest absolute Gasteiger partial charge is 0.392 e. The van der Waals surface area contributed by atoms with E-state index in [1.165, 1.54) is 31.4 Å². The third-order valence-electron chi connectivity index (χ3n) is 4.56. The highest BCUT2D eigenvalue weighted by Gasteiger charge is 2.46. The van der Waals surface area contributed by atoms with Crippen molar-refractivity contribution < 1.29 is 9.50 Å². The molecule has 2 fully saturated rings. The van der Waals surface area contributed by atoms with Gasteiger partial charge in [-0.15, -0.1) is 0 Å². The number of aliphatic hydroxyl groups is 1. The first kappa shape index (κ1) is 11.2. The van der Waals surface area contributed by atoms with E-state index in [1.807, 2.05) is 12.1 Å². The first-order valence-electron chi connectivity index (χ1n) is 6.65. The summed E-state index contributed by atoms with van der Waals surface area (Å²) < 4.78 is 13.0. The monoisotopic (exact) mass is 234 g/mol. The number of halogens is 1. The molecule has 0 heterocycles. The normalized spacial score (nSPS) is 24.1. The molecule has 0 bridgehead atoms.